The van der Waals surface area contributed by atoms with Crippen LogP contribution in [0.1, 0.15) is 0 Å². The van der Waals surface area contributed by atoms with E-state index in [-0.39, 0.29) is 5.82 Å². The maximum Gasteiger partial charge on any atom is 0.123 e. The smallest absolute Gasteiger partial charge is 0.123 e. The minimum atomic E-state index is -0.238. The molecule has 0 saturated heterocycles. The zero-order valence-corrected chi connectivity index (χ0v) is 31.5. The van der Waals surface area contributed by atoms with Crippen LogP contribution in [0, 0.1) is 5.82 Å². The molecular formula is C54H36FN3. The van der Waals surface area contributed by atoms with Gasteiger partial charge in [0, 0.05) is 50.0 Å². The molecule has 0 aliphatic carbocycles. The van der Waals surface area contributed by atoms with Gasteiger partial charge >= 0.3 is 0 Å². The molecule has 0 radical (unpaired) electrons. The molecule has 2 aromatic heterocycles. The third-order valence-electron chi connectivity index (χ3n) is 11.4. The van der Waals surface area contributed by atoms with Crippen molar-refractivity contribution < 1.29 is 4.39 Å². The molecule has 0 fully saturated rings. The van der Waals surface area contributed by atoms with E-state index in [1.807, 2.05) is 12.1 Å². The van der Waals surface area contributed by atoms with Gasteiger partial charge in [0.15, 0.2) is 0 Å². The van der Waals surface area contributed by atoms with Crippen molar-refractivity contribution in [2.45, 2.75) is 0 Å². The number of halogens is 1. The van der Waals surface area contributed by atoms with E-state index in [4.69, 9.17) is 0 Å². The first-order valence-corrected chi connectivity index (χ1v) is 19.6. The first-order chi connectivity index (χ1) is 28.7. The first kappa shape index (κ1) is 33.6. The van der Waals surface area contributed by atoms with Gasteiger partial charge in [0.05, 0.1) is 22.1 Å². The average molecular weight is 746 g/mol. The SMILES string of the molecule is Fc1ccc(-c2ccc(N(c3ccc(-c4ccc5c(c4)c4ccccc4n5-c4ccccc4)cc3)c3ccc4c(c3)c3ccccc3n4-c3ccccc3)cc2)cc1. The second kappa shape index (κ2) is 13.8. The third kappa shape index (κ3) is 5.65. The number of hydrogen-bond acceptors (Lipinski definition) is 1. The van der Waals surface area contributed by atoms with Crippen molar-refractivity contribution in [3.8, 4) is 33.6 Å². The van der Waals surface area contributed by atoms with Gasteiger partial charge < -0.3 is 14.0 Å². The minimum absolute atomic E-state index is 0.238. The molecule has 0 spiro atoms. The van der Waals surface area contributed by atoms with Crippen molar-refractivity contribution in [3.63, 3.8) is 0 Å². The first-order valence-electron chi connectivity index (χ1n) is 19.6. The van der Waals surface area contributed by atoms with Crippen molar-refractivity contribution in [2.24, 2.45) is 0 Å². The summed E-state index contributed by atoms with van der Waals surface area (Å²) in [6, 6.07) is 76.1. The molecule has 0 amide bonds. The fourth-order valence-electron chi connectivity index (χ4n) is 8.66. The molecule has 0 bridgehead atoms. The Labute approximate surface area is 335 Å². The Hall–Kier alpha value is -7.69. The summed E-state index contributed by atoms with van der Waals surface area (Å²) in [4.78, 5) is 2.32. The van der Waals surface area contributed by atoms with Crippen LogP contribution >= 0.6 is 0 Å². The highest BCUT2D eigenvalue weighted by Gasteiger charge is 2.19. The van der Waals surface area contributed by atoms with Crippen LogP contribution < -0.4 is 4.90 Å². The highest BCUT2D eigenvalue weighted by molar-refractivity contribution is 6.12. The molecule has 274 valence electrons. The summed E-state index contributed by atoms with van der Waals surface area (Å²) in [5, 5.41) is 4.85. The number of anilines is 3. The Morgan fingerprint density at radius 2 is 0.672 bits per heavy atom. The van der Waals surface area contributed by atoms with Crippen LogP contribution in [0.2, 0.25) is 0 Å². The van der Waals surface area contributed by atoms with E-state index in [9.17, 15) is 4.39 Å². The highest BCUT2D eigenvalue weighted by Crippen LogP contribution is 2.41. The summed E-state index contributed by atoms with van der Waals surface area (Å²) in [6.07, 6.45) is 0. The Balaban J connectivity index is 1.03. The second-order valence-corrected chi connectivity index (χ2v) is 14.7. The number of fused-ring (bicyclic) bond motifs is 6. The molecule has 0 aliphatic rings. The molecule has 11 aromatic rings. The molecular weight excluding hydrogens is 710 g/mol. The largest absolute Gasteiger partial charge is 0.310 e. The third-order valence-corrected chi connectivity index (χ3v) is 11.4. The lowest BCUT2D eigenvalue weighted by molar-refractivity contribution is 0.628. The maximum absolute atomic E-state index is 13.8. The standard InChI is InChI=1S/C54H36FN3/c55-41-26-19-37(20-27-41)38-21-28-44(29-22-38)56(46-32-34-54-50(36-46)48-16-8-10-18-52(48)58(54)43-13-5-2-6-14-43)45-30-23-39(24-31-45)40-25-33-53-49(35-40)47-15-7-9-17-51(47)57(53)42-11-3-1-4-12-42/h1-36H. The zero-order chi connectivity index (χ0) is 38.6. The summed E-state index contributed by atoms with van der Waals surface area (Å²) in [6.45, 7) is 0. The molecule has 3 nitrogen and oxygen atoms in total. The van der Waals surface area contributed by atoms with E-state index in [0.29, 0.717) is 0 Å². The zero-order valence-electron chi connectivity index (χ0n) is 31.5. The summed E-state index contributed by atoms with van der Waals surface area (Å²) >= 11 is 0. The van der Waals surface area contributed by atoms with Crippen LogP contribution in [0.3, 0.4) is 0 Å². The van der Waals surface area contributed by atoms with Crippen molar-refractivity contribution in [2.75, 3.05) is 4.90 Å². The lowest BCUT2D eigenvalue weighted by Gasteiger charge is -2.26. The van der Waals surface area contributed by atoms with Gasteiger partial charge in [-0.1, -0.05) is 115 Å². The molecule has 0 aliphatic heterocycles. The van der Waals surface area contributed by atoms with Crippen LogP contribution in [-0.2, 0) is 0 Å². The van der Waals surface area contributed by atoms with Crippen molar-refractivity contribution >= 4 is 60.7 Å². The fraction of sp³-hybridized carbons (Fsp3) is 0. The lowest BCUT2D eigenvalue weighted by atomic mass is 10.0. The predicted octanol–water partition coefficient (Wildman–Crippen LogP) is 14.8. The van der Waals surface area contributed by atoms with Gasteiger partial charge in [0.25, 0.3) is 0 Å². The second-order valence-electron chi connectivity index (χ2n) is 14.7. The minimum Gasteiger partial charge on any atom is -0.310 e. The Morgan fingerprint density at radius 3 is 1.21 bits per heavy atom. The molecule has 11 rings (SSSR count). The van der Waals surface area contributed by atoms with Gasteiger partial charge in [0.1, 0.15) is 5.82 Å². The van der Waals surface area contributed by atoms with E-state index in [1.54, 1.807) is 0 Å². The molecule has 9 aromatic carbocycles. The summed E-state index contributed by atoms with van der Waals surface area (Å²) in [5.41, 5.74) is 14.4. The normalized spacial score (nSPS) is 11.5. The van der Waals surface area contributed by atoms with Crippen molar-refractivity contribution in [1.29, 1.82) is 0 Å². The van der Waals surface area contributed by atoms with Gasteiger partial charge in [-0.3, -0.25) is 0 Å². The van der Waals surface area contributed by atoms with Gasteiger partial charge in [0.2, 0.25) is 0 Å². The average Bonchev–Trinajstić information content (AvgIpc) is 3.80. The van der Waals surface area contributed by atoms with Crippen molar-refractivity contribution in [1.82, 2.24) is 9.13 Å². The molecule has 58 heavy (non-hydrogen) atoms. The van der Waals surface area contributed by atoms with Gasteiger partial charge in [-0.25, -0.2) is 4.39 Å². The van der Waals surface area contributed by atoms with Crippen LogP contribution in [0.4, 0.5) is 21.5 Å². The Kier molecular flexibility index (Phi) is 8.00. The monoisotopic (exact) mass is 745 g/mol. The number of hydrogen-bond donors (Lipinski definition) is 0. The number of nitrogens with zero attached hydrogens (tertiary/aromatic N) is 3. The van der Waals surface area contributed by atoms with Crippen LogP contribution in [-0.4, -0.2) is 9.13 Å². The van der Waals surface area contributed by atoms with E-state index in [1.165, 1.54) is 55.8 Å². The van der Waals surface area contributed by atoms with E-state index >= 15 is 0 Å². The number of aromatic nitrogens is 2. The number of rotatable bonds is 7. The van der Waals surface area contributed by atoms with Gasteiger partial charge in [-0.05, 0) is 125 Å². The Morgan fingerprint density at radius 1 is 0.293 bits per heavy atom. The number of para-hydroxylation sites is 4. The number of benzene rings is 9. The van der Waals surface area contributed by atoms with E-state index in [2.05, 4.69) is 208 Å². The fourth-order valence-corrected chi connectivity index (χ4v) is 8.66. The molecule has 4 heteroatoms. The van der Waals surface area contributed by atoms with Crippen LogP contribution in [0.5, 0.6) is 0 Å². The van der Waals surface area contributed by atoms with Gasteiger partial charge in [-0.15, -0.1) is 0 Å². The molecule has 0 atom stereocenters. The molecule has 0 N–H and O–H groups in total. The summed E-state index contributed by atoms with van der Waals surface area (Å²) < 4.78 is 18.5. The van der Waals surface area contributed by atoms with E-state index < -0.39 is 0 Å². The predicted molar refractivity (Wildman–Crippen MR) is 241 cm³/mol. The van der Waals surface area contributed by atoms with Crippen molar-refractivity contribution in [3.05, 3.63) is 224 Å². The quantitative estimate of drug-likeness (QED) is 0.158. The van der Waals surface area contributed by atoms with Crippen LogP contribution in [0.15, 0.2) is 218 Å². The maximum atomic E-state index is 13.8. The topological polar surface area (TPSA) is 13.1 Å². The molecule has 0 unspecified atom stereocenters. The highest BCUT2D eigenvalue weighted by atomic mass is 19.1. The van der Waals surface area contributed by atoms with Crippen LogP contribution in [0.25, 0.3) is 77.2 Å². The van der Waals surface area contributed by atoms with E-state index in [0.717, 1.165) is 50.6 Å². The lowest BCUT2D eigenvalue weighted by Crippen LogP contribution is -2.10. The summed E-state index contributed by atoms with van der Waals surface area (Å²) in [5.74, 6) is -0.238. The van der Waals surface area contributed by atoms with Gasteiger partial charge in [-0.2, -0.15) is 0 Å². The molecule has 0 saturated carbocycles. The summed E-state index contributed by atoms with van der Waals surface area (Å²) in [7, 11) is 0. The Bertz CT molecular complexity index is 3250. The molecule has 2 heterocycles.